The minimum Gasteiger partial charge on any atom is -0.292 e. The molecule has 1 aromatic rings. The highest BCUT2D eigenvalue weighted by Crippen LogP contribution is 2.24. The van der Waals surface area contributed by atoms with Crippen molar-refractivity contribution in [3.63, 3.8) is 0 Å². The molecule has 0 radical (unpaired) electrons. The third-order valence-electron chi connectivity index (χ3n) is 6.95. The average Bonchev–Trinajstić information content (AvgIpc) is 2.77. The van der Waals surface area contributed by atoms with Crippen LogP contribution in [0.25, 0.3) is 0 Å². The molecule has 0 atom stereocenters. The second-order valence-electron chi connectivity index (χ2n) is 9.14. The topological polar surface area (TPSA) is 0 Å². The average molecular weight is 403 g/mol. The van der Waals surface area contributed by atoms with Crippen molar-refractivity contribution >= 4 is 5.69 Å². The van der Waals surface area contributed by atoms with Crippen molar-refractivity contribution in [2.75, 3.05) is 19.6 Å². The third kappa shape index (κ3) is 11.8. The van der Waals surface area contributed by atoms with Crippen LogP contribution in [-0.2, 0) is 0 Å². The minimum atomic E-state index is 1.15. The molecule has 0 aromatic heterocycles. The molecule has 0 aliphatic rings. The molecule has 1 rings (SSSR count). The Labute approximate surface area is 183 Å². The zero-order valence-electron chi connectivity index (χ0n) is 20.3. The lowest BCUT2D eigenvalue weighted by Gasteiger charge is -2.36. The van der Waals surface area contributed by atoms with Crippen molar-refractivity contribution < 1.29 is 0 Å². The maximum absolute atomic E-state index is 2.35. The lowest BCUT2D eigenvalue weighted by molar-refractivity contribution is 0.291. The van der Waals surface area contributed by atoms with E-state index in [9.17, 15) is 0 Å². The predicted molar refractivity (Wildman–Crippen MR) is 134 cm³/mol. The monoisotopic (exact) mass is 402 g/mol. The molecule has 0 N–H and O–H groups in total. The standard InChI is InChI=1S/C28H52N/c1-4-7-8-9-10-11-12-13-14-15-16-17-18-19-20-24-27-29(5-2,6-3)28-25-22-21-23-26-28/h21-23,25-26H,4-20,24,27H2,1-3H3/q+1. The predicted octanol–water partition coefficient (Wildman–Crippen LogP) is 9.30. The highest BCUT2D eigenvalue weighted by Gasteiger charge is 2.25. The molecule has 0 aliphatic heterocycles. The van der Waals surface area contributed by atoms with Crippen LogP contribution in [0.2, 0.25) is 0 Å². The minimum absolute atomic E-state index is 1.15. The van der Waals surface area contributed by atoms with Gasteiger partial charge in [0, 0.05) is 0 Å². The Balaban J connectivity index is 1.95. The van der Waals surface area contributed by atoms with Gasteiger partial charge in [0.05, 0.1) is 19.6 Å². The number of unbranched alkanes of at least 4 members (excludes halogenated alkanes) is 15. The second kappa shape index (κ2) is 18.0. The number of benzene rings is 1. The lowest BCUT2D eigenvalue weighted by atomic mass is 10.0. The molecule has 0 saturated carbocycles. The zero-order valence-corrected chi connectivity index (χ0v) is 20.3. The van der Waals surface area contributed by atoms with Crippen molar-refractivity contribution in [1.29, 1.82) is 0 Å². The summed E-state index contributed by atoms with van der Waals surface area (Å²) in [6.07, 6.45) is 23.1. The van der Waals surface area contributed by atoms with Crippen LogP contribution in [-0.4, -0.2) is 19.6 Å². The molecule has 168 valence electrons. The fourth-order valence-electron chi connectivity index (χ4n) is 4.74. The first-order valence-corrected chi connectivity index (χ1v) is 13.2. The van der Waals surface area contributed by atoms with Crippen molar-refractivity contribution in [2.24, 2.45) is 0 Å². The van der Waals surface area contributed by atoms with Crippen LogP contribution in [0.3, 0.4) is 0 Å². The van der Waals surface area contributed by atoms with E-state index < -0.39 is 0 Å². The molecular weight excluding hydrogens is 350 g/mol. The van der Waals surface area contributed by atoms with Crippen LogP contribution in [0.4, 0.5) is 5.69 Å². The van der Waals surface area contributed by atoms with E-state index in [0.29, 0.717) is 0 Å². The van der Waals surface area contributed by atoms with E-state index in [-0.39, 0.29) is 0 Å². The van der Waals surface area contributed by atoms with Gasteiger partial charge in [-0.2, -0.15) is 0 Å². The molecule has 0 spiro atoms. The molecule has 0 unspecified atom stereocenters. The van der Waals surface area contributed by atoms with Gasteiger partial charge in [-0.05, 0) is 38.8 Å². The van der Waals surface area contributed by atoms with E-state index in [4.69, 9.17) is 0 Å². The van der Waals surface area contributed by atoms with Gasteiger partial charge in [-0.3, -0.25) is 4.48 Å². The Morgan fingerprint density at radius 3 is 1.24 bits per heavy atom. The summed E-state index contributed by atoms with van der Waals surface area (Å²) in [5.41, 5.74) is 1.50. The molecule has 0 saturated heterocycles. The smallest absolute Gasteiger partial charge is 0.132 e. The first kappa shape index (κ1) is 26.2. The van der Waals surface area contributed by atoms with Crippen LogP contribution in [0.1, 0.15) is 124 Å². The van der Waals surface area contributed by atoms with Crippen molar-refractivity contribution in [3.8, 4) is 0 Å². The van der Waals surface area contributed by atoms with Gasteiger partial charge in [-0.25, -0.2) is 0 Å². The molecular formula is C28H52N+. The summed E-state index contributed by atoms with van der Waals surface area (Å²) in [6.45, 7) is 10.7. The van der Waals surface area contributed by atoms with E-state index in [1.54, 1.807) is 0 Å². The highest BCUT2D eigenvalue weighted by atomic mass is 15.3. The molecule has 29 heavy (non-hydrogen) atoms. The first-order valence-electron chi connectivity index (χ1n) is 13.2. The fourth-order valence-corrected chi connectivity index (χ4v) is 4.74. The van der Waals surface area contributed by atoms with Crippen molar-refractivity contribution in [2.45, 2.75) is 124 Å². The molecule has 0 bridgehead atoms. The molecule has 0 amide bonds. The SMILES string of the molecule is CCCCCCCCCCCCCCCCCC[N+](CC)(CC)c1ccccc1. The molecule has 0 aliphatic carbocycles. The van der Waals surface area contributed by atoms with Gasteiger partial charge in [0.15, 0.2) is 0 Å². The van der Waals surface area contributed by atoms with Crippen molar-refractivity contribution in [3.05, 3.63) is 30.3 Å². The number of hydrogen-bond donors (Lipinski definition) is 0. The number of hydrogen-bond acceptors (Lipinski definition) is 0. The number of rotatable bonds is 20. The summed E-state index contributed by atoms with van der Waals surface area (Å²) in [4.78, 5) is 0. The van der Waals surface area contributed by atoms with Crippen LogP contribution in [0.5, 0.6) is 0 Å². The Kier molecular flexibility index (Phi) is 16.3. The highest BCUT2D eigenvalue weighted by molar-refractivity contribution is 5.42. The van der Waals surface area contributed by atoms with Crippen molar-refractivity contribution in [1.82, 2.24) is 4.48 Å². The lowest BCUT2D eigenvalue weighted by Crippen LogP contribution is -2.49. The number of quaternary nitrogens is 1. The van der Waals surface area contributed by atoms with Gasteiger partial charge >= 0.3 is 0 Å². The van der Waals surface area contributed by atoms with Crippen LogP contribution in [0.15, 0.2) is 30.3 Å². The quantitative estimate of drug-likeness (QED) is 0.150. The molecule has 1 nitrogen and oxygen atoms in total. The maximum Gasteiger partial charge on any atom is 0.132 e. The summed E-state index contributed by atoms with van der Waals surface area (Å²) in [6, 6.07) is 11.2. The summed E-state index contributed by atoms with van der Waals surface area (Å²) in [7, 11) is 0. The Hall–Kier alpha value is -0.820. The van der Waals surface area contributed by atoms with Crippen LogP contribution >= 0.6 is 0 Å². The van der Waals surface area contributed by atoms with E-state index >= 15 is 0 Å². The van der Waals surface area contributed by atoms with E-state index in [0.717, 1.165) is 4.48 Å². The normalized spacial score (nSPS) is 11.8. The number of nitrogens with zero attached hydrogens (tertiary/aromatic N) is 1. The number of para-hydroxylation sites is 1. The third-order valence-corrected chi connectivity index (χ3v) is 6.95. The first-order chi connectivity index (χ1) is 14.3. The van der Waals surface area contributed by atoms with E-state index in [1.807, 2.05) is 0 Å². The second-order valence-corrected chi connectivity index (χ2v) is 9.14. The molecule has 0 heterocycles. The van der Waals surface area contributed by atoms with Gasteiger partial charge in [-0.15, -0.1) is 0 Å². The largest absolute Gasteiger partial charge is 0.292 e. The Morgan fingerprint density at radius 1 is 0.483 bits per heavy atom. The molecule has 1 heteroatoms. The van der Waals surface area contributed by atoms with Gasteiger partial charge < -0.3 is 0 Å². The summed E-state index contributed by atoms with van der Waals surface area (Å²) >= 11 is 0. The Bertz CT molecular complexity index is 449. The fraction of sp³-hybridized carbons (Fsp3) is 0.786. The van der Waals surface area contributed by atoms with Crippen LogP contribution in [0, 0.1) is 0 Å². The van der Waals surface area contributed by atoms with Gasteiger partial charge in [0.25, 0.3) is 0 Å². The molecule has 0 fully saturated rings. The van der Waals surface area contributed by atoms with Gasteiger partial charge in [-0.1, -0.05) is 115 Å². The summed E-state index contributed by atoms with van der Waals surface area (Å²) in [5, 5.41) is 0. The van der Waals surface area contributed by atoms with E-state index in [1.165, 1.54) is 128 Å². The molecule has 1 aromatic carbocycles. The van der Waals surface area contributed by atoms with Gasteiger partial charge in [0.2, 0.25) is 0 Å². The summed E-state index contributed by atoms with van der Waals surface area (Å²) < 4.78 is 1.15. The van der Waals surface area contributed by atoms with E-state index in [2.05, 4.69) is 51.1 Å². The summed E-state index contributed by atoms with van der Waals surface area (Å²) in [5.74, 6) is 0. The maximum atomic E-state index is 2.35. The zero-order chi connectivity index (χ0) is 21.0. The van der Waals surface area contributed by atoms with Gasteiger partial charge in [0.1, 0.15) is 5.69 Å². The van der Waals surface area contributed by atoms with Crippen LogP contribution < -0.4 is 4.48 Å². The Morgan fingerprint density at radius 2 is 0.862 bits per heavy atom.